The molecular formula is C29H38FN5O4. The first-order chi connectivity index (χ1) is 18.5. The number of carbonyl (C=O) groups is 2. The van der Waals surface area contributed by atoms with Crippen molar-refractivity contribution in [1.29, 1.82) is 5.26 Å². The predicted octanol–water partition coefficient (Wildman–Crippen LogP) is 3.64. The standard InChI is InChI=1S/C29H38FN5O4/c1-28(2)13-17(25(36)34-28)11-18(15-31)32-26(37)22-14-29(9-5-4-6-10-29)16-35(22)27(38)21-12-19-23(39-3)8-7-20(30)24(19)33-21/h7-8,12,17-18,22,27,33,38H,4-6,9-11,13-14,16H2,1-3H3,(H,32,37)(H,34,36). The molecule has 2 aliphatic heterocycles. The van der Waals surface area contributed by atoms with Crippen LogP contribution in [0.1, 0.15) is 77.1 Å². The van der Waals surface area contributed by atoms with Gasteiger partial charge >= 0.3 is 0 Å². The van der Waals surface area contributed by atoms with E-state index in [0.29, 0.717) is 36.2 Å². The van der Waals surface area contributed by atoms with Crippen molar-refractivity contribution >= 4 is 22.7 Å². The van der Waals surface area contributed by atoms with E-state index >= 15 is 0 Å². The van der Waals surface area contributed by atoms with Crippen molar-refractivity contribution in [3.05, 3.63) is 29.7 Å². The van der Waals surface area contributed by atoms with Crippen LogP contribution in [0, 0.1) is 28.5 Å². The van der Waals surface area contributed by atoms with E-state index in [1.807, 2.05) is 13.8 Å². The van der Waals surface area contributed by atoms with Crippen LogP contribution in [0.2, 0.25) is 0 Å². The fraction of sp³-hybridized carbons (Fsp3) is 0.621. The Hall–Kier alpha value is -3.16. The third-order valence-electron chi connectivity index (χ3n) is 8.88. The zero-order valence-electron chi connectivity index (χ0n) is 22.8. The number of nitriles is 1. The van der Waals surface area contributed by atoms with Gasteiger partial charge in [-0.25, -0.2) is 4.39 Å². The number of methoxy groups -OCH3 is 1. The highest BCUT2D eigenvalue weighted by molar-refractivity contribution is 5.87. The predicted molar refractivity (Wildman–Crippen MR) is 143 cm³/mol. The fourth-order valence-corrected chi connectivity index (χ4v) is 7.01. The van der Waals surface area contributed by atoms with Crippen molar-refractivity contribution in [2.75, 3.05) is 13.7 Å². The number of rotatable bonds is 7. The molecule has 0 radical (unpaired) electrons. The number of aliphatic hydroxyl groups is 1. The molecule has 4 unspecified atom stereocenters. The highest BCUT2D eigenvalue weighted by Crippen LogP contribution is 2.48. The number of hydrogen-bond acceptors (Lipinski definition) is 6. The molecule has 39 heavy (non-hydrogen) atoms. The van der Waals surface area contributed by atoms with Crippen LogP contribution in [0.15, 0.2) is 18.2 Å². The summed E-state index contributed by atoms with van der Waals surface area (Å²) in [6.45, 7) is 4.41. The molecule has 1 aliphatic carbocycles. The summed E-state index contributed by atoms with van der Waals surface area (Å²) in [7, 11) is 1.51. The summed E-state index contributed by atoms with van der Waals surface area (Å²) in [5.74, 6) is -0.761. The van der Waals surface area contributed by atoms with Crippen molar-refractivity contribution < 1.29 is 23.8 Å². The zero-order chi connectivity index (χ0) is 27.9. The van der Waals surface area contributed by atoms with Gasteiger partial charge in [-0.3, -0.25) is 14.5 Å². The first-order valence-electron chi connectivity index (χ1n) is 13.9. The molecule has 9 nitrogen and oxygen atoms in total. The lowest BCUT2D eigenvalue weighted by Crippen LogP contribution is -2.48. The number of fused-ring (bicyclic) bond motifs is 1. The van der Waals surface area contributed by atoms with Crippen LogP contribution in [-0.4, -0.2) is 58.1 Å². The van der Waals surface area contributed by atoms with Gasteiger partial charge in [-0.1, -0.05) is 19.3 Å². The number of nitrogens with zero attached hydrogens (tertiary/aromatic N) is 2. The molecule has 210 valence electrons. The summed E-state index contributed by atoms with van der Waals surface area (Å²) in [4.78, 5) is 30.9. The maximum Gasteiger partial charge on any atom is 0.238 e. The summed E-state index contributed by atoms with van der Waals surface area (Å²) in [5, 5.41) is 27.7. The minimum atomic E-state index is -1.18. The number of likely N-dealkylation sites (tertiary alicyclic amines) is 1. The average molecular weight is 540 g/mol. The SMILES string of the molecule is COc1ccc(F)c2[nH]c(C(O)N3CC4(CCCCC4)CC3C(=O)NC(C#N)CC3CC(C)(C)NC3=O)cc12. The molecule has 1 aromatic heterocycles. The third-order valence-corrected chi connectivity index (χ3v) is 8.88. The highest BCUT2D eigenvalue weighted by Gasteiger charge is 2.50. The summed E-state index contributed by atoms with van der Waals surface area (Å²) >= 11 is 0. The number of aromatic amines is 1. The Bertz CT molecular complexity index is 1290. The number of H-pyrrole nitrogens is 1. The van der Waals surface area contributed by atoms with Gasteiger partial charge in [0.05, 0.1) is 30.4 Å². The van der Waals surface area contributed by atoms with Crippen LogP contribution in [0.25, 0.3) is 10.9 Å². The van der Waals surface area contributed by atoms with E-state index < -0.39 is 24.1 Å². The number of aliphatic hydroxyl groups excluding tert-OH is 1. The molecule has 1 aromatic carbocycles. The Morgan fingerprint density at radius 1 is 1.31 bits per heavy atom. The largest absolute Gasteiger partial charge is 0.496 e. The van der Waals surface area contributed by atoms with E-state index in [4.69, 9.17) is 4.74 Å². The topological polar surface area (TPSA) is 130 Å². The second-order valence-corrected chi connectivity index (χ2v) is 12.3. The van der Waals surface area contributed by atoms with Gasteiger partial charge in [0.15, 0.2) is 0 Å². The molecule has 4 N–H and O–H groups in total. The van der Waals surface area contributed by atoms with Crippen LogP contribution in [0.4, 0.5) is 4.39 Å². The lowest BCUT2D eigenvalue weighted by molar-refractivity contribution is -0.130. The van der Waals surface area contributed by atoms with Gasteiger partial charge in [0.1, 0.15) is 23.8 Å². The Labute approximate surface area is 228 Å². The first-order valence-corrected chi connectivity index (χ1v) is 13.9. The molecule has 2 amide bonds. The smallest absolute Gasteiger partial charge is 0.238 e. The zero-order valence-corrected chi connectivity index (χ0v) is 22.8. The Balaban J connectivity index is 1.39. The maximum atomic E-state index is 14.6. The molecule has 2 saturated heterocycles. The summed E-state index contributed by atoms with van der Waals surface area (Å²) in [6, 6.07) is 5.19. The minimum Gasteiger partial charge on any atom is -0.496 e. The lowest BCUT2D eigenvalue weighted by atomic mass is 9.72. The Morgan fingerprint density at radius 2 is 2.05 bits per heavy atom. The molecular weight excluding hydrogens is 501 g/mol. The van der Waals surface area contributed by atoms with Crippen LogP contribution in [0.5, 0.6) is 5.75 Å². The molecule has 3 fully saturated rings. The van der Waals surface area contributed by atoms with Gasteiger partial charge < -0.3 is 25.5 Å². The minimum absolute atomic E-state index is 0.102. The van der Waals surface area contributed by atoms with Gasteiger partial charge in [0.2, 0.25) is 11.8 Å². The number of ether oxygens (including phenoxy) is 1. The van der Waals surface area contributed by atoms with Crippen LogP contribution >= 0.6 is 0 Å². The molecule has 1 spiro atoms. The van der Waals surface area contributed by atoms with Crippen molar-refractivity contribution in [2.24, 2.45) is 11.3 Å². The van der Waals surface area contributed by atoms with Crippen LogP contribution < -0.4 is 15.4 Å². The average Bonchev–Trinajstić information content (AvgIpc) is 3.58. The number of aromatic nitrogens is 1. The number of amides is 2. The maximum absolute atomic E-state index is 14.6. The van der Waals surface area contributed by atoms with Gasteiger partial charge in [-0.05, 0) is 69.6 Å². The van der Waals surface area contributed by atoms with E-state index in [9.17, 15) is 24.3 Å². The van der Waals surface area contributed by atoms with E-state index in [1.54, 1.807) is 17.0 Å². The summed E-state index contributed by atoms with van der Waals surface area (Å²) in [6.07, 6.45) is 5.45. The summed E-state index contributed by atoms with van der Waals surface area (Å²) < 4.78 is 19.9. The Kier molecular flexibility index (Phi) is 7.33. The van der Waals surface area contributed by atoms with E-state index in [2.05, 4.69) is 21.7 Å². The van der Waals surface area contributed by atoms with Gasteiger partial charge in [-0.15, -0.1) is 0 Å². The monoisotopic (exact) mass is 539 g/mol. The number of halogens is 1. The number of carbonyl (C=O) groups excluding carboxylic acids is 2. The van der Waals surface area contributed by atoms with Crippen molar-refractivity contribution in [1.82, 2.24) is 20.5 Å². The highest BCUT2D eigenvalue weighted by atomic mass is 19.1. The quantitative estimate of drug-likeness (QED) is 0.425. The normalized spacial score (nSPS) is 25.8. The van der Waals surface area contributed by atoms with Crippen molar-refractivity contribution in [3.8, 4) is 11.8 Å². The summed E-state index contributed by atoms with van der Waals surface area (Å²) in [5.41, 5.74) is 0.167. The van der Waals surface area contributed by atoms with E-state index in [1.165, 1.54) is 13.2 Å². The van der Waals surface area contributed by atoms with Gasteiger partial charge in [0.25, 0.3) is 0 Å². The van der Waals surface area contributed by atoms with Crippen molar-refractivity contribution in [2.45, 2.75) is 89.1 Å². The van der Waals surface area contributed by atoms with Crippen LogP contribution in [0.3, 0.4) is 0 Å². The number of hydrogen-bond donors (Lipinski definition) is 4. The van der Waals surface area contributed by atoms with Gasteiger partial charge in [-0.2, -0.15) is 5.26 Å². The molecule has 2 aromatic rings. The molecule has 0 bridgehead atoms. The molecule has 4 atom stereocenters. The second kappa shape index (κ2) is 10.4. The first kappa shape index (κ1) is 27.4. The third kappa shape index (κ3) is 5.35. The van der Waals surface area contributed by atoms with Gasteiger partial charge in [0, 0.05) is 23.4 Å². The van der Waals surface area contributed by atoms with E-state index in [-0.39, 0.29) is 40.6 Å². The molecule has 1 saturated carbocycles. The molecule has 10 heteroatoms. The lowest BCUT2D eigenvalue weighted by Gasteiger charge is -2.34. The van der Waals surface area contributed by atoms with Crippen molar-refractivity contribution in [3.63, 3.8) is 0 Å². The molecule has 5 rings (SSSR count). The number of benzene rings is 1. The van der Waals surface area contributed by atoms with E-state index in [0.717, 1.165) is 32.1 Å². The molecule has 3 heterocycles. The Morgan fingerprint density at radius 3 is 2.69 bits per heavy atom. The fourth-order valence-electron chi connectivity index (χ4n) is 7.01. The van der Waals surface area contributed by atoms with Crippen LogP contribution in [-0.2, 0) is 9.59 Å². The second-order valence-electron chi connectivity index (χ2n) is 12.3. The number of nitrogens with one attached hydrogen (secondary N) is 3. The molecule has 3 aliphatic rings.